The molecule has 0 bridgehead atoms. The molecule has 0 spiro atoms. The molecule has 7 nitrogen and oxygen atoms in total. The van der Waals surface area contributed by atoms with Crippen LogP contribution in [0.5, 0.6) is 0 Å². The highest BCUT2D eigenvalue weighted by Crippen LogP contribution is 2.21. The van der Waals surface area contributed by atoms with E-state index in [-0.39, 0.29) is 11.9 Å². The lowest BCUT2D eigenvalue weighted by Gasteiger charge is -2.28. The third kappa shape index (κ3) is 3.56. The molecular formula is C16H21N5O2. The largest absolute Gasteiger partial charge is 0.381 e. The number of carbonyl (C=O) groups is 1. The normalized spacial score (nSPS) is 21.1. The fourth-order valence-electron chi connectivity index (χ4n) is 2.88. The molecule has 1 aliphatic carbocycles. The Labute approximate surface area is 135 Å². The number of carbonyl (C=O) groups excluding carboxylic acids is 1. The van der Waals surface area contributed by atoms with Crippen LogP contribution in [0.1, 0.15) is 36.2 Å². The SMILES string of the molecule is COC1CCC(NC(=O)c2ccnc(-c3cncn3C)n2)CC1. The lowest BCUT2D eigenvalue weighted by molar-refractivity contribution is 0.0598. The molecule has 1 fully saturated rings. The van der Waals surface area contributed by atoms with Crippen LogP contribution >= 0.6 is 0 Å². The molecule has 1 aliphatic rings. The number of aryl methyl sites for hydroxylation is 1. The van der Waals surface area contributed by atoms with Gasteiger partial charge in [-0.05, 0) is 31.7 Å². The number of aromatic nitrogens is 4. The quantitative estimate of drug-likeness (QED) is 0.926. The second kappa shape index (κ2) is 6.87. The minimum absolute atomic E-state index is 0.156. The van der Waals surface area contributed by atoms with Crippen molar-refractivity contribution in [1.29, 1.82) is 0 Å². The van der Waals surface area contributed by atoms with E-state index in [0.717, 1.165) is 31.4 Å². The van der Waals surface area contributed by atoms with E-state index in [9.17, 15) is 4.79 Å². The van der Waals surface area contributed by atoms with Crippen LogP contribution in [0.2, 0.25) is 0 Å². The zero-order chi connectivity index (χ0) is 16.2. The maximum atomic E-state index is 12.4. The number of nitrogens with zero attached hydrogens (tertiary/aromatic N) is 4. The van der Waals surface area contributed by atoms with Crippen LogP contribution in [0.3, 0.4) is 0 Å². The van der Waals surface area contributed by atoms with E-state index < -0.39 is 0 Å². The van der Waals surface area contributed by atoms with Gasteiger partial charge in [0.05, 0.1) is 18.6 Å². The molecule has 1 saturated carbocycles. The molecule has 122 valence electrons. The average molecular weight is 315 g/mol. The fraction of sp³-hybridized carbons (Fsp3) is 0.500. The Morgan fingerprint density at radius 3 is 2.78 bits per heavy atom. The first-order valence-electron chi connectivity index (χ1n) is 7.80. The molecular weight excluding hydrogens is 294 g/mol. The molecule has 0 atom stereocenters. The highest BCUT2D eigenvalue weighted by atomic mass is 16.5. The van der Waals surface area contributed by atoms with Gasteiger partial charge in [-0.3, -0.25) is 4.79 Å². The van der Waals surface area contributed by atoms with Crippen LogP contribution in [0.25, 0.3) is 11.5 Å². The number of amides is 1. The van der Waals surface area contributed by atoms with E-state index in [1.165, 1.54) is 0 Å². The highest BCUT2D eigenvalue weighted by Gasteiger charge is 2.23. The van der Waals surface area contributed by atoms with Gasteiger partial charge in [-0.25, -0.2) is 15.0 Å². The Balaban J connectivity index is 1.67. The summed E-state index contributed by atoms with van der Waals surface area (Å²) in [5, 5.41) is 3.06. The molecule has 0 radical (unpaired) electrons. The molecule has 2 heterocycles. The summed E-state index contributed by atoms with van der Waals surface area (Å²) in [6.45, 7) is 0. The van der Waals surface area contributed by atoms with Crippen molar-refractivity contribution in [3.63, 3.8) is 0 Å². The first kappa shape index (κ1) is 15.6. The molecule has 0 aromatic carbocycles. The number of hydrogen-bond donors (Lipinski definition) is 1. The maximum absolute atomic E-state index is 12.4. The van der Waals surface area contributed by atoms with Crippen molar-refractivity contribution in [3.05, 3.63) is 30.5 Å². The van der Waals surface area contributed by atoms with E-state index in [4.69, 9.17) is 4.74 Å². The van der Waals surface area contributed by atoms with E-state index in [0.29, 0.717) is 17.6 Å². The second-order valence-electron chi connectivity index (χ2n) is 5.84. The third-order valence-electron chi connectivity index (χ3n) is 4.28. The average Bonchev–Trinajstić information content (AvgIpc) is 3.02. The number of rotatable bonds is 4. The van der Waals surface area contributed by atoms with Gasteiger partial charge in [-0.1, -0.05) is 0 Å². The zero-order valence-electron chi connectivity index (χ0n) is 13.4. The smallest absolute Gasteiger partial charge is 0.270 e. The molecule has 0 aliphatic heterocycles. The Bertz CT molecular complexity index is 677. The molecule has 2 aromatic heterocycles. The Morgan fingerprint density at radius 1 is 1.35 bits per heavy atom. The maximum Gasteiger partial charge on any atom is 0.270 e. The predicted octanol–water partition coefficient (Wildman–Crippen LogP) is 1.56. The summed E-state index contributed by atoms with van der Waals surface area (Å²) in [6, 6.07) is 1.82. The van der Waals surface area contributed by atoms with Crippen molar-refractivity contribution in [2.45, 2.75) is 37.8 Å². The van der Waals surface area contributed by atoms with E-state index >= 15 is 0 Å². The zero-order valence-corrected chi connectivity index (χ0v) is 13.4. The standard InChI is InChI=1S/C16H21N5O2/c1-21-10-17-9-14(21)15-18-8-7-13(20-15)16(22)19-11-3-5-12(23-2)6-4-11/h7-12H,3-6H2,1-2H3,(H,19,22). The summed E-state index contributed by atoms with van der Waals surface area (Å²) in [7, 11) is 3.61. The fourth-order valence-corrected chi connectivity index (χ4v) is 2.88. The van der Waals surface area contributed by atoms with Gasteiger partial charge in [0.25, 0.3) is 5.91 Å². The van der Waals surface area contributed by atoms with E-state index in [2.05, 4.69) is 20.3 Å². The van der Waals surface area contributed by atoms with Crippen molar-refractivity contribution < 1.29 is 9.53 Å². The van der Waals surface area contributed by atoms with Crippen LogP contribution in [-0.2, 0) is 11.8 Å². The van der Waals surface area contributed by atoms with Gasteiger partial charge in [-0.15, -0.1) is 0 Å². The number of hydrogen-bond acceptors (Lipinski definition) is 5. The molecule has 7 heteroatoms. The lowest BCUT2D eigenvalue weighted by atomic mass is 9.93. The van der Waals surface area contributed by atoms with Crippen molar-refractivity contribution in [3.8, 4) is 11.5 Å². The topological polar surface area (TPSA) is 81.9 Å². The van der Waals surface area contributed by atoms with Gasteiger partial charge in [0.15, 0.2) is 5.82 Å². The Morgan fingerprint density at radius 2 is 2.13 bits per heavy atom. The highest BCUT2D eigenvalue weighted by molar-refractivity contribution is 5.92. The third-order valence-corrected chi connectivity index (χ3v) is 4.28. The lowest BCUT2D eigenvalue weighted by Crippen LogP contribution is -2.39. The predicted molar refractivity (Wildman–Crippen MR) is 84.8 cm³/mol. The van der Waals surface area contributed by atoms with Crippen LogP contribution in [-0.4, -0.2) is 44.7 Å². The Kier molecular flexibility index (Phi) is 4.66. The second-order valence-corrected chi connectivity index (χ2v) is 5.84. The van der Waals surface area contributed by atoms with Gasteiger partial charge >= 0.3 is 0 Å². The summed E-state index contributed by atoms with van der Waals surface area (Å²) in [5.41, 5.74) is 1.16. The minimum atomic E-state index is -0.156. The first-order chi connectivity index (χ1) is 11.2. The van der Waals surface area contributed by atoms with Crippen LogP contribution in [0.15, 0.2) is 24.8 Å². The van der Waals surface area contributed by atoms with Gasteiger partial charge in [-0.2, -0.15) is 0 Å². The molecule has 0 saturated heterocycles. The molecule has 0 unspecified atom stereocenters. The summed E-state index contributed by atoms with van der Waals surface area (Å²) in [4.78, 5) is 25.1. The van der Waals surface area contributed by atoms with Crippen molar-refractivity contribution in [1.82, 2.24) is 24.8 Å². The first-order valence-corrected chi connectivity index (χ1v) is 7.80. The minimum Gasteiger partial charge on any atom is -0.381 e. The number of imidazole rings is 1. The molecule has 2 aromatic rings. The van der Waals surface area contributed by atoms with Crippen LogP contribution < -0.4 is 5.32 Å². The van der Waals surface area contributed by atoms with E-state index in [1.807, 2.05) is 11.6 Å². The summed E-state index contributed by atoms with van der Waals surface area (Å²) in [6.07, 6.45) is 9.11. The van der Waals surface area contributed by atoms with Gasteiger partial charge in [0.1, 0.15) is 11.4 Å². The summed E-state index contributed by atoms with van der Waals surface area (Å²) < 4.78 is 7.18. The van der Waals surface area contributed by atoms with Crippen LogP contribution in [0, 0.1) is 0 Å². The van der Waals surface area contributed by atoms with Crippen molar-refractivity contribution in [2.75, 3.05) is 7.11 Å². The number of nitrogens with one attached hydrogen (secondary N) is 1. The molecule has 1 amide bonds. The summed E-state index contributed by atoms with van der Waals surface area (Å²) >= 11 is 0. The molecule has 23 heavy (non-hydrogen) atoms. The number of methoxy groups -OCH3 is 1. The Hall–Kier alpha value is -2.28. The monoisotopic (exact) mass is 315 g/mol. The van der Waals surface area contributed by atoms with Crippen molar-refractivity contribution in [2.24, 2.45) is 7.05 Å². The van der Waals surface area contributed by atoms with Gasteiger partial charge < -0.3 is 14.6 Å². The molecule has 1 N–H and O–H groups in total. The summed E-state index contributed by atoms with van der Waals surface area (Å²) in [5.74, 6) is 0.345. The number of ether oxygens (including phenoxy) is 1. The van der Waals surface area contributed by atoms with E-state index in [1.54, 1.807) is 31.9 Å². The van der Waals surface area contributed by atoms with Crippen molar-refractivity contribution >= 4 is 5.91 Å². The van der Waals surface area contributed by atoms with Gasteiger partial charge in [0, 0.05) is 26.4 Å². The van der Waals surface area contributed by atoms with Crippen LogP contribution in [0.4, 0.5) is 0 Å². The van der Waals surface area contributed by atoms with Gasteiger partial charge in [0.2, 0.25) is 0 Å². The molecule has 3 rings (SSSR count).